The molecule has 0 unspecified atom stereocenters. The normalized spacial score (nSPS) is 13.4. The van der Waals surface area contributed by atoms with Gasteiger partial charge in [0.25, 0.3) is 0 Å². The summed E-state index contributed by atoms with van der Waals surface area (Å²) in [6.07, 6.45) is 0.211. The second-order valence-corrected chi connectivity index (χ2v) is 3.25. The van der Waals surface area contributed by atoms with Crippen molar-refractivity contribution in [2.45, 2.75) is 6.42 Å². The fourth-order valence-electron chi connectivity index (χ4n) is 1.33. The quantitative estimate of drug-likeness (QED) is 0.822. The maximum atomic E-state index is 13.5. The van der Waals surface area contributed by atoms with E-state index >= 15 is 0 Å². The first-order valence-corrected chi connectivity index (χ1v) is 4.49. The van der Waals surface area contributed by atoms with E-state index < -0.39 is 5.82 Å². The minimum atomic E-state index is -0.551. The van der Waals surface area contributed by atoms with Gasteiger partial charge in [-0.1, -0.05) is 11.6 Å². The Morgan fingerprint density at radius 3 is 3.00 bits per heavy atom. The summed E-state index contributed by atoms with van der Waals surface area (Å²) in [4.78, 5) is 0. The van der Waals surface area contributed by atoms with Crippen molar-refractivity contribution in [2.24, 2.45) is 0 Å². The lowest BCUT2D eigenvalue weighted by molar-refractivity contribution is 0.174. The third-order valence-electron chi connectivity index (χ3n) is 2.00. The number of aliphatic hydroxyl groups is 1. The molecule has 14 heavy (non-hydrogen) atoms. The third-order valence-corrected chi connectivity index (χ3v) is 2.34. The Morgan fingerprint density at radius 2 is 2.29 bits per heavy atom. The molecule has 0 atom stereocenters. The molecule has 0 aliphatic carbocycles. The van der Waals surface area contributed by atoms with Crippen LogP contribution in [0.4, 0.5) is 4.39 Å². The number of hydrogen-bond acceptors (Lipinski definition) is 3. The number of hydrogen-bond donors (Lipinski definition) is 1. The summed E-state index contributed by atoms with van der Waals surface area (Å²) in [5.74, 6) is 0.121. The number of fused-ring (bicyclic) bond motifs is 1. The predicted octanol–water partition coefficient (Wildman–Crippen LogP) is 1.74. The summed E-state index contributed by atoms with van der Waals surface area (Å²) in [6, 6.07) is 1.50. The fourth-order valence-corrected chi connectivity index (χ4v) is 1.60. The topological polar surface area (TPSA) is 38.7 Å². The number of rotatable bonds is 2. The lowest BCUT2D eigenvalue weighted by Gasteiger charge is -2.05. The Labute approximate surface area is 85.0 Å². The maximum absolute atomic E-state index is 13.5. The molecule has 0 fully saturated rings. The van der Waals surface area contributed by atoms with E-state index in [1.807, 2.05) is 0 Å². The van der Waals surface area contributed by atoms with Gasteiger partial charge in [0, 0.05) is 6.61 Å². The average molecular weight is 219 g/mol. The van der Waals surface area contributed by atoms with Gasteiger partial charge in [-0.15, -0.1) is 0 Å². The van der Waals surface area contributed by atoms with Crippen LogP contribution >= 0.6 is 11.6 Å². The van der Waals surface area contributed by atoms with Crippen LogP contribution in [0.5, 0.6) is 11.5 Å². The van der Waals surface area contributed by atoms with Crippen molar-refractivity contribution in [2.75, 3.05) is 13.4 Å². The van der Waals surface area contributed by atoms with Gasteiger partial charge in [-0.3, -0.25) is 0 Å². The van der Waals surface area contributed by atoms with Gasteiger partial charge in [-0.25, -0.2) is 4.39 Å². The Hall–Kier alpha value is -1.00. The molecule has 2 rings (SSSR count). The van der Waals surface area contributed by atoms with Crippen molar-refractivity contribution in [3.63, 3.8) is 0 Å². The summed E-state index contributed by atoms with van der Waals surface area (Å²) < 4.78 is 23.5. The molecule has 1 heterocycles. The van der Waals surface area contributed by atoms with Gasteiger partial charge in [-0.05, 0) is 18.1 Å². The van der Waals surface area contributed by atoms with Crippen molar-refractivity contribution in [1.82, 2.24) is 0 Å². The van der Waals surface area contributed by atoms with Crippen LogP contribution in [-0.2, 0) is 6.42 Å². The summed E-state index contributed by atoms with van der Waals surface area (Å²) in [6.45, 7) is -0.0794. The lowest BCUT2D eigenvalue weighted by atomic mass is 10.1. The van der Waals surface area contributed by atoms with Gasteiger partial charge in [0.05, 0.1) is 0 Å². The fraction of sp³-hybridized carbons (Fsp3) is 0.333. The first kappa shape index (κ1) is 9.55. The third kappa shape index (κ3) is 1.40. The van der Waals surface area contributed by atoms with Crippen molar-refractivity contribution < 1.29 is 19.0 Å². The molecule has 5 heteroatoms. The van der Waals surface area contributed by atoms with E-state index in [1.165, 1.54) is 6.07 Å². The lowest BCUT2D eigenvalue weighted by Crippen LogP contribution is -1.96. The van der Waals surface area contributed by atoms with E-state index in [-0.39, 0.29) is 30.6 Å². The van der Waals surface area contributed by atoms with Crippen molar-refractivity contribution in [3.8, 4) is 11.5 Å². The van der Waals surface area contributed by atoms with Crippen LogP contribution < -0.4 is 9.47 Å². The van der Waals surface area contributed by atoms with Gasteiger partial charge in [0.2, 0.25) is 6.79 Å². The molecule has 0 saturated carbocycles. The van der Waals surface area contributed by atoms with E-state index in [0.29, 0.717) is 11.3 Å². The van der Waals surface area contributed by atoms with E-state index in [1.54, 1.807) is 0 Å². The first-order chi connectivity index (χ1) is 6.74. The molecule has 0 radical (unpaired) electrons. The Kier molecular flexibility index (Phi) is 2.48. The monoisotopic (exact) mass is 218 g/mol. The van der Waals surface area contributed by atoms with Crippen molar-refractivity contribution in [3.05, 3.63) is 22.5 Å². The summed E-state index contributed by atoms with van der Waals surface area (Å²) in [7, 11) is 0. The van der Waals surface area contributed by atoms with Gasteiger partial charge in [0.15, 0.2) is 11.5 Å². The molecule has 1 aliphatic rings. The van der Waals surface area contributed by atoms with Crippen LogP contribution in [0.1, 0.15) is 5.56 Å². The molecule has 0 amide bonds. The zero-order valence-electron chi connectivity index (χ0n) is 7.22. The minimum absolute atomic E-state index is 0.0527. The Morgan fingerprint density at radius 1 is 1.50 bits per heavy atom. The average Bonchev–Trinajstić information content (AvgIpc) is 2.62. The number of halogens is 2. The summed E-state index contributed by atoms with van der Waals surface area (Å²) in [5.41, 5.74) is 0.335. The van der Waals surface area contributed by atoms with E-state index in [4.69, 9.17) is 26.2 Å². The van der Waals surface area contributed by atoms with E-state index in [0.717, 1.165) is 0 Å². The van der Waals surface area contributed by atoms with E-state index in [2.05, 4.69) is 0 Å². The number of aliphatic hydroxyl groups excluding tert-OH is 1. The second-order valence-electron chi connectivity index (χ2n) is 2.87. The highest BCUT2D eigenvalue weighted by molar-refractivity contribution is 6.32. The van der Waals surface area contributed by atoms with Crippen LogP contribution in [-0.4, -0.2) is 18.5 Å². The van der Waals surface area contributed by atoms with Crippen LogP contribution in [0.3, 0.4) is 0 Å². The molecule has 1 aromatic rings. The molecule has 1 aliphatic heterocycles. The SMILES string of the molecule is OCCc1cc2c(c(Cl)c1F)OCO2. The zero-order chi connectivity index (χ0) is 10.1. The standard InChI is InChI=1S/C9H8ClFO3/c10-7-8(11)5(1-2-12)3-6-9(7)14-4-13-6/h3,12H,1-2,4H2. The predicted molar refractivity (Wildman–Crippen MR) is 48.3 cm³/mol. The molecule has 0 spiro atoms. The summed E-state index contributed by atoms with van der Waals surface area (Å²) >= 11 is 5.72. The molecule has 3 nitrogen and oxygen atoms in total. The Balaban J connectivity index is 2.49. The van der Waals surface area contributed by atoms with Gasteiger partial charge >= 0.3 is 0 Å². The second kappa shape index (κ2) is 3.63. The molecular formula is C9H8ClFO3. The van der Waals surface area contributed by atoms with Gasteiger partial charge in [-0.2, -0.15) is 0 Å². The largest absolute Gasteiger partial charge is 0.454 e. The molecule has 0 bridgehead atoms. The smallest absolute Gasteiger partial charge is 0.231 e. The Bertz CT molecular complexity index is 368. The maximum Gasteiger partial charge on any atom is 0.231 e. The van der Waals surface area contributed by atoms with Gasteiger partial charge < -0.3 is 14.6 Å². The highest BCUT2D eigenvalue weighted by Gasteiger charge is 2.23. The van der Waals surface area contributed by atoms with Crippen molar-refractivity contribution >= 4 is 11.6 Å². The van der Waals surface area contributed by atoms with Crippen LogP contribution in [0, 0.1) is 5.82 Å². The minimum Gasteiger partial charge on any atom is -0.454 e. The van der Waals surface area contributed by atoms with Crippen LogP contribution in [0.25, 0.3) is 0 Å². The molecule has 1 N–H and O–H groups in total. The molecular weight excluding hydrogens is 211 g/mol. The molecule has 0 saturated heterocycles. The number of benzene rings is 1. The zero-order valence-corrected chi connectivity index (χ0v) is 7.97. The van der Waals surface area contributed by atoms with Crippen LogP contribution in [0.2, 0.25) is 5.02 Å². The molecule has 76 valence electrons. The van der Waals surface area contributed by atoms with Gasteiger partial charge in [0.1, 0.15) is 10.8 Å². The highest BCUT2D eigenvalue weighted by atomic mass is 35.5. The summed E-state index contributed by atoms with van der Waals surface area (Å²) in [5, 5.41) is 8.62. The first-order valence-electron chi connectivity index (χ1n) is 4.11. The number of ether oxygens (including phenoxy) is 2. The van der Waals surface area contributed by atoms with E-state index in [9.17, 15) is 4.39 Å². The molecule has 0 aromatic heterocycles. The highest BCUT2D eigenvalue weighted by Crippen LogP contribution is 2.41. The van der Waals surface area contributed by atoms with Crippen molar-refractivity contribution in [1.29, 1.82) is 0 Å². The molecule has 1 aromatic carbocycles. The van der Waals surface area contributed by atoms with Crippen LogP contribution in [0.15, 0.2) is 6.07 Å².